The summed E-state index contributed by atoms with van der Waals surface area (Å²) in [6.45, 7) is 12.4. The van der Waals surface area contributed by atoms with E-state index in [9.17, 15) is 8.42 Å². The van der Waals surface area contributed by atoms with Gasteiger partial charge >= 0.3 is 18.9 Å². The van der Waals surface area contributed by atoms with E-state index in [0.29, 0.717) is 5.41 Å². The molecule has 186 valence electrons. The molecule has 0 heterocycles. The van der Waals surface area contributed by atoms with Crippen molar-refractivity contribution >= 4 is 11.0 Å². The van der Waals surface area contributed by atoms with Gasteiger partial charge in [-0.05, 0) is 97.7 Å². The predicted octanol–water partition coefficient (Wildman–Crippen LogP) is 4.46. The van der Waals surface area contributed by atoms with Crippen molar-refractivity contribution in [3.8, 4) is 0 Å². The summed E-state index contributed by atoms with van der Waals surface area (Å²) in [4.78, 5) is 0. The van der Waals surface area contributed by atoms with E-state index in [1.54, 1.807) is 0 Å². The van der Waals surface area contributed by atoms with Crippen LogP contribution in [-0.2, 0) is 23.6 Å². The maximum Gasteiger partial charge on any atom is 1.00 e. The van der Waals surface area contributed by atoms with Crippen molar-refractivity contribution < 1.29 is 36.9 Å². The molecule has 0 aromatic heterocycles. The normalized spacial score (nSPS) is 40.7. The Kier molecular flexibility index (Phi) is 10.3. The zero-order chi connectivity index (χ0) is 22.4. The summed E-state index contributed by atoms with van der Waals surface area (Å²) in [6.07, 6.45) is 16.1. The van der Waals surface area contributed by atoms with Gasteiger partial charge in [-0.3, -0.25) is 0 Å². The van der Waals surface area contributed by atoms with Crippen LogP contribution in [-0.4, -0.2) is 11.6 Å². The van der Waals surface area contributed by atoms with Gasteiger partial charge in [-0.1, -0.05) is 65.5 Å². The zero-order valence-electron chi connectivity index (χ0n) is 22.0. The molecule has 0 bridgehead atoms. The molecule has 3 saturated carbocycles. The van der Waals surface area contributed by atoms with Crippen molar-refractivity contribution in [2.45, 2.75) is 111 Å². The fourth-order valence-electron chi connectivity index (χ4n) is 8.85. The van der Waals surface area contributed by atoms with Crippen LogP contribution in [0.5, 0.6) is 0 Å². The Morgan fingerprint density at radius 3 is 2.42 bits per heavy atom. The van der Waals surface area contributed by atoms with E-state index in [-0.39, 0.29) is 35.9 Å². The Labute approximate surface area is 216 Å². The van der Waals surface area contributed by atoms with Gasteiger partial charge in [0.05, 0.1) is 11.0 Å². The molecule has 0 radical (unpaired) electrons. The molecule has 0 aromatic rings. The van der Waals surface area contributed by atoms with Gasteiger partial charge in [0, 0.05) is 6.10 Å². The maximum atomic E-state index is 11.0. The summed E-state index contributed by atoms with van der Waals surface area (Å²) in [6, 6.07) is 0. The SMILES string of the molecule is CC(C)CCC[C@@H](C)[C@H]1CC[C@H]2[C@@H]3CC=C4C[C@@H](O[S-](=O)=O)CC[C@]4(C)[C@H]3CC[C@]12C.[Li+].[OH-]. The summed E-state index contributed by atoms with van der Waals surface area (Å²) < 4.78 is 27.2. The fraction of sp³-hybridized carbons (Fsp3) is 0.926. The summed E-state index contributed by atoms with van der Waals surface area (Å²) in [5, 5.41) is 0. The fourth-order valence-corrected chi connectivity index (χ4v) is 9.23. The molecule has 3 fully saturated rings. The number of rotatable bonds is 7. The summed E-state index contributed by atoms with van der Waals surface area (Å²) in [5.74, 6) is 5.07. The number of hydrogen-bond donors (Lipinski definition) is 0. The van der Waals surface area contributed by atoms with E-state index < -0.39 is 11.0 Å². The number of fused-ring (bicyclic) bond motifs is 5. The molecule has 0 spiro atoms. The largest absolute Gasteiger partial charge is 1.00 e. The second-order valence-electron chi connectivity index (χ2n) is 12.5. The molecule has 0 aromatic carbocycles. The van der Waals surface area contributed by atoms with Crippen LogP contribution in [0.4, 0.5) is 0 Å². The Balaban J connectivity index is 0.00000193. The van der Waals surface area contributed by atoms with Crippen molar-refractivity contribution in [2.75, 3.05) is 0 Å². The van der Waals surface area contributed by atoms with E-state index in [1.807, 2.05) is 0 Å². The minimum atomic E-state index is -2.40. The van der Waals surface area contributed by atoms with Gasteiger partial charge in [0.2, 0.25) is 0 Å². The third-order valence-electron chi connectivity index (χ3n) is 10.5. The quantitative estimate of drug-likeness (QED) is 0.311. The van der Waals surface area contributed by atoms with E-state index in [0.717, 1.165) is 54.8 Å². The van der Waals surface area contributed by atoms with Crippen LogP contribution in [0.25, 0.3) is 0 Å². The summed E-state index contributed by atoms with van der Waals surface area (Å²) in [7, 11) is -2.40. The minimum Gasteiger partial charge on any atom is -0.870 e. The first-order valence-electron chi connectivity index (χ1n) is 13.1. The van der Waals surface area contributed by atoms with Crippen LogP contribution >= 0.6 is 0 Å². The Hall–Kier alpha value is 0.207. The topological polar surface area (TPSA) is 73.4 Å². The molecule has 0 amide bonds. The third kappa shape index (κ3) is 5.64. The molecule has 8 atom stereocenters. The summed E-state index contributed by atoms with van der Waals surface area (Å²) >= 11 is 0. The van der Waals surface area contributed by atoms with Crippen LogP contribution in [0.1, 0.15) is 105 Å². The van der Waals surface area contributed by atoms with Gasteiger partial charge in [-0.25, -0.2) is 0 Å². The second-order valence-corrected chi connectivity index (χ2v) is 13.1. The second kappa shape index (κ2) is 11.5. The predicted molar refractivity (Wildman–Crippen MR) is 129 cm³/mol. The first kappa shape index (κ1) is 29.4. The van der Waals surface area contributed by atoms with Gasteiger partial charge in [0.1, 0.15) is 0 Å². The van der Waals surface area contributed by atoms with Crippen LogP contribution in [0.2, 0.25) is 0 Å². The molecule has 1 N–H and O–H groups in total. The molecule has 0 aliphatic heterocycles. The van der Waals surface area contributed by atoms with E-state index >= 15 is 0 Å². The molecule has 4 rings (SSSR count). The summed E-state index contributed by atoms with van der Waals surface area (Å²) in [5.41, 5.74) is 2.28. The van der Waals surface area contributed by atoms with E-state index in [1.165, 1.54) is 56.9 Å². The van der Waals surface area contributed by atoms with Crippen molar-refractivity contribution in [3.63, 3.8) is 0 Å². The van der Waals surface area contributed by atoms with Gasteiger partial charge in [0.25, 0.3) is 0 Å². The number of hydrogen-bond acceptors (Lipinski definition) is 5. The molecule has 4 aliphatic carbocycles. The zero-order valence-corrected chi connectivity index (χ0v) is 22.8. The first-order chi connectivity index (χ1) is 14.6. The molecular formula is C27H46LiO4S-. The standard InChI is InChI=1S/C27H45O3S.Li.H2O/c1-18(2)7-6-8-19(3)23-11-12-24-22-10-9-20-17-21(30-31(28)29)13-15-26(20,4)25(22)14-16-27(23,24)5;;/h9,18-19,21-25H,6-8,10-17H2,1-5H3;;1H2/q-1;+1;/p-1/t19-,21+,22+,23-,24+,25+,26+,27-;;/m1../s1. The molecule has 0 saturated heterocycles. The molecule has 4 aliphatic rings. The molecule has 0 unspecified atom stereocenters. The Morgan fingerprint density at radius 1 is 1.03 bits per heavy atom. The molecule has 4 nitrogen and oxygen atoms in total. The molecule has 33 heavy (non-hydrogen) atoms. The van der Waals surface area contributed by atoms with Gasteiger partial charge in [-0.15, -0.1) is 0 Å². The van der Waals surface area contributed by atoms with Crippen LogP contribution < -0.4 is 18.9 Å². The minimum absolute atomic E-state index is 0. The van der Waals surface area contributed by atoms with Gasteiger partial charge < -0.3 is 18.1 Å². The Morgan fingerprint density at radius 2 is 1.76 bits per heavy atom. The van der Waals surface area contributed by atoms with Crippen LogP contribution in [0.15, 0.2) is 11.6 Å². The van der Waals surface area contributed by atoms with Crippen molar-refractivity contribution in [3.05, 3.63) is 11.6 Å². The average molecular weight is 474 g/mol. The maximum absolute atomic E-state index is 11.0. The van der Waals surface area contributed by atoms with Crippen molar-refractivity contribution in [1.29, 1.82) is 0 Å². The van der Waals surface area contributed by atoms with Crippen LogP contribution in [0.3, 0.4) is 0 Å². The van der Waals surface area contributed by atoms with E-state index in [2.05, 4.69) is 40.7 Å². The van der Waals surface area contributed by atoms with Crippen molar-refractivity contribution in [2.24, 2.45) is 46.3 Å². The molecule has 6 heteroatoms. The van der Waals surface area contributed by atoms with Gasteiger partial charge in [-0.2, -0.15) is 0 Å². The van der Waals surface area contributed by atoms with E-state index in [4.69, 9.17) is 4.18 Å². The smallest absolute Gasteiger partial charge is 0.870 e. The Bertz CT molecular complexity index is 757. The molecular weight excluding hydrogens is 427 g/mol. The third-order valence-corrected chi connectivity index (χ3v) is 10.9. The van der Waals surface area contributed by atoms with Gasteiger partial charge in [0.15, 0.2) is 0 Å². The first-order valence-corrected chi connectivity index (χ1v) is 14.1. The van der Waals surface area contributed by atoms with Crippen molar-refractivity contribution in [1.82, 2.24) is 0 Å². The average Bonchev–Trinajstić information content (AvgIpc) is 3.05. The monoisotopic (exact) mass is 473 g/mol. The number of allylic oxidation sites excluding steroid dienone is 1. The van der Waals surface area contributed by atoms with Crippen LogP contribution in [0, 0.1) is 46.3 Å².